The van der Waals surface area contributed by atoms with Gasteiger partial charge < -0.3 is 9.67 Å². The molecule has 1 aromatic heterocycles. The van der Waals surface area contributed by atoms with Gasteiger partial charge in [-0.05, 0) is 0 Å². The second kappa shape index (κ2) is 4.07. The van der Waals surface area contributed by atoms with Gasteiger partial charge in [0.1, 0.15) is 6.07 Å². The lowest BCUT2D eigenvalue weighted by molar-refractivity contribution is -0.131. The molecule has 0 amide bonds. The summed E-state index contributed by atoms with van der Waals surface area (Å²) in [6.07, 6.45) is 5.59. The van der Waals surface area contributed by atoms with Crippen molar-refractivity contribution in [2.24, 2.45) is 0 Å². The van der Waals surface area contributed by atoms with Crippen LogP contribution in [0, 0.1) is 11.3 Å². The van der Waals surface area contributed by atoms with E-state index in [9.17, 15) is 4.79 Å². The number of nitriles is 1. The highest BCUT2D eigenvalue weighted by Gasteiger charge is 1.97. The molecule has 0 spiro atoms. The molecule has 0 radical (unpaired) electrons. The highest BCUT2D eigenvalue weighted by Crippen LogP contribution is 1.95. The SMILES string of the molecule is N#Cc1nccn1CC=CC(=O)O. The first-order chi connectivity index (χ1) is 6.24. The molecule has 1 N–H and O–H groups in total. The summed E-state index contributed by atoms with van der Waals surface area (Å²) in [4.78, 5) is 13.9. The minimum atomic E-state index is -1.00. The first-order valence-electron chi connectivity index (χ1n) is 3.54. The fourth-order valence-electron chi connectivity index (χ4n) is 0.837. The van der Waals surface area contributed by atoms with Crippen LogP contribution in [0.1, 0.15) is 5.82 Å². The van der Waals surface area contributed by atoms with E-state index in [2.05, 4.69) is 4.98 Å². The van der Waals surface area contributed by atoms with Crippen molar-refractivity contribution in [3.63, 3.8) is 0 Å². The van der Waals surface area contributed by atoms with E-state index in [1.54, 1.807) is 10.8 Å². The number of carboxylic acids is 1. The maximum absolute atomic E-state index is 10.1. The molecular formula is C8H7N3O2. The number of aliphatic carboxylic acids is 1. The van der Waals surface area contributed by atoms with Crippen molar-refractivity contribution >= 4 is 5.97 Å². The predicted octanol–water partition coefficient (Wildman–Crippen LogP) is 0.396. The van der Waals surface area contributed by atoms with Gasteiger partial charge in [-0.3, -0.25) is 0 Å². The summed E-state index contributed by atoms with van der Waals surface area (Å²) in [6, 6.07) is 1.88. The molecule has 0 aliphatic heterocycles. The van der Waals surface area contributed by atoms with Crippen molar-refractivity contribution in [3.8, 4) is 6.07 Å². The smallest absolute Gasteiger partial charge is 0.328 e. The molecule has 1 rings (SSSR count). The molecule has 1 heterocycles. The first-order valence-corrected chi connectivity index (χ1v) is 3.54. The molecule has 0 fully saturated rings. The van der Waals surface area contributed by atoms with Crippen LogP contribution < -0.4 is 0 Å². The number of hydrogen-bond acceptors (Lipinski definition) is 3. The highest BCUT2D eigenvalue weighted by atomic mass is 16.4. The molecule has 0 aliphatic rings. The Labute approximate surface area is 74.6 Å². The number of rotatable bonds is 3. The van der Waals surface area contributed by atoms with Crippen LogP contribution in [0.25, 0.3) is 0 Å². The van der Waals surface area contributed by atoms with Crippen molar-refractivity contribution in [2.75, 3.05) is 0 Å². The molecule has 0 unspecified atom stereocenters. The number of aromatic nitrogens is 2. The second-order valence-electron chi connectivity index (χ2n) is 2.26. The molecule has 5 heteroatoms. The Morgan fingerprint density at radius 2 is 2.62 bits per heavy atom. The number of nitrogens with zero attached hydrogens (tertiary/aromatic N) is 3. The van der Waals surface area contributed by atoms with Gasteiger partial charge in [0.2, 0.25) is 5.82 Å². The normalized spacial score (nSPS) is 10.1. The second-order valence-corrected chi connectivity index (χ2v) is 2.26. The van der Waals surface area contributed by atoms with Gasteiger partial charge in [-0.15, -0.1) is 0 Å². The van der Waals surface area contributed by atoms with Crippen molar-refractivity contribution in [2.45, 2.75) is 6.54 Å². The van der Waals surface area contributed by atoms with Crippen LogP contribution in [0.5, 0.6) is 0 Å². The molecule has 66 valence electrons. The zero-order chi connectivity index (χ0) is 9.68. The van der Waals surface area contributed by atoms with Gasteiger partial charge in [0.05, 0.1) is 0 Å². The van der Waals surface area contributed by atoms with Gasteiger partial charge in [0.25, 0.3) is 0 Å². The number of allylic oxidation sites excluding steroid dienone is 1. The minimum absolute atomic E-state index is 0.273. The Kier molecular flexibility index (Phi) is 2.82. The predicted molar refractivity (Wildman–Crippen MR) is 43.7 cm³/mol. The van der Waals surface area contributed by atoms with E-state index in [0.29, 0.717) is 6.54 Å². The van der Waals surface area contributed by atoms with Crippen molar-refractivity contribution in [1.29, 1.82) is 5.26 Å². The van der Waals surface area contributed by atoms with Gasteiger partial charge in [0, 0.05) is 25.0 Å². The van der Waals surface area contributed by atoms with Crippen molar-refractivity contribution in [3.05, 3.63) is 30.4 Å². The largest absolute Gasteiger partial charge is 0.478 e. The average Bonchev–Trinajstić information content (AvgIpc) is 2.51. The third-order valence-corrected chi connectivity index (χ3v) is 1.38. The van der Waals surface area contributed by atoms with Crippen molar-refractivity contribution < 1.29 is 9.90 Å². The number of hydrogen-bond donors (Lipinski definition) is 1. The Hall–Kier alpha value is -2.09. The maximum atomic E-state index is 10.1. The summed E-state index contributed by atoms with van der Waals surface area (Å²) in [6.45, 7) is 0.342. The Balaban J connectivity index is 2.65. The molecule has 0 saturated carbocycles. The van der Waals surface area contributed by atoms with Crippen LogP contribution in [0.15, 0.2) is 24.5 Å². The number of carbonyl (C=O) groups is 1. The van der Waals surface area contributed by atoms with Gasteiger partial charge >= 0.3 is 5.97 Å². The highest BCUT2D eigenvalue weighted by molar-refractivity contribution is 5.79. The van der Waals surface area contributed by atoms with Crippen LogP contribution in [0.2, 0.25) is 0 Å². The number of carboxylic acid groups (broad SMARTS) is 1. The molecule has 0 saturated heterocycles. The lowest BCUT2D eigenvalue weighted by Crippen LogP contribution is -1.98. The Morgan fingerprint density at radius 3 is 3.23 bits per heavy atom. The summed E-state index contributed by atoms with van der Waals surface area (Å²) in [5.74, 6) is -0.728. The molecule has 1 aromatic rings. The maximum Gasteiger partial charge on any atom is 0.328 e. The quantitative estimate of drug-likeness (QED) is 0.677. The van der Waals surface area contributed by atoms with Crippen LogP contribution in [0.3, 0.4) is 0 Å². The Morgan fingerprint density at radius 1 is 1.85 bits per heavy atom. The lowest BCUT2D eigenvalue weighted by Gasteiger charge is -1.95. The van der Waals surface area contributed by atoms with Crippen LogP contribution in [-0.2, 0) is 11.3 Å². The summed E-state index contributed by atoms with van der Waals surface area (Å²) in [5.41, 5.74) is 0. The van der Waals surface area contributed by atoms with Crippen LogP contribution >= 0.6 is 0 Å². The molecule has 13 heavy (non-hydrogen) atoms. The summed E-state index contributed by atoms with van der Waals surface area (Å²) in [5, 5.41) is 16.8. The van der Waals surface area contributed by atoms with Crippen molar-refractivity contribution in [1.82, 2.24) is 9.55 Å². The molecule has 0 atom stereocenters. The molecule has 0 aromatic carbocycles. The van der Waals surface area contributed by atoms with Crippen LogP contribution in [0.4, 0.5) is 0 Å². The fourth-order valence-corrected chi connectivity index (χ4v) is 0.837. The van der Waals surface area contributed by atoms with E-state index >= 15 is 0 Å². The summed E-state index contributed by atoms with van der Waals surface area (Å²) in [7, 11) is 0. The summed E-state index contributed by atoms with van der Waals surface area (Å²) < 4.78 is 1.56. The minimum Gasteiger partial charge on any atom is -0.478 e. The van der Waals surface area contributed by atoms with E-state index in [1.807, 2.05) is 6.07 Å². The zero-order valence-corrected chi connectivity index (χ0v) is 6.71. The van der Waals surface area contributed by atoms with E-state index in [4.69, 9.17) is 10.4 Å². The van der Waals surface area contributed by atoms with E-state index in [-0.39, 0.29) is 5.82 Å². The van der Waals surface area contributed by atoms with Gasteiger partial charge in [-0.25, -0.2) is 9.78 Å². The van der Waals surface area contributed by atoms with Gasteiger partial charge in [0.15, 0.2) is 0 Å². The Bertz CT molecular complexity index is 373. The van der Waals surface area contributed by atoms with Crippen LogP contribution in [-0.4, -0.2) is 20.6 Å². The molecular weight excluding hydrogens is 170 g/mol. The third kappa shape index (κ3) is 2.45. The monoisotopic (exact) mass is 177 g/mol. The van der Waals surface area contributed by atoms with E-state index in [0.717, 1.165) is 6.08 Å². The molecule has 0 aliphatic carbocycles. The molecule has 5 nitrogen and oxygen atoms in total. The molecule has 0 bridgehead atoms. The number of imidazole rings is 1. The topological polar surface area (TPSA) is 78.9 Å². The lowest BCUT2D eigenvalue weighted by atomic mass is 10.5. The van der Waals surface area contributed by atoms with Gasteiger partial charge in [-0.2, -0.15) is 5.26 Å². The summed E-state index contributed by atoms with van der Waals surface area (Å²) >= 11 is 0. The zero-order valence-electron chi connectivity index (χ0n) is 6.71. The third-order valence-electron chi connectivity index (χ3n) is 1.38. The fraction of sp³-hybridized carbons (Fsp3) is 0.125. The van der Waals surface area contributed by atoms with Gasteiger partial charge in [-0.1, -0.05) is 6.08 Å². The first kappa shape index (κ1) is 9.00. The van der Waals surface area contributed by atoms with E-state index < -0.39 is 5.97 Å². The average molecular weight is 177 g/mol. The standard InChI is InChI=1S/C8H7N3O2/c9-6-7-10-3-5-11(7)4-1-2-8(12)13/h1-3,5H,4H2,(H,12,13). The van der Waals surface area contributed by atoms with E-state index in [1.165, 1.54) is 12.3 Å².